The van der Waals surface area contributed by atoms with Gasteiger partial charge in [-0.15, -0.1) is 0 Å². The maximum atomic E-state index is 12.9. The predicted octanol–water partition coefficient (Wildman–Crippen LogP) is 17.6. The van der Waals surface area contributed by atoms with Crippen LogP contribution in [0.2, 0.25) is 0 Å². The highest BCUT2D eigenvalue weighted by Gasteiger charge is 2.28. The van der Waals surface area contributed by atoms with Gasteiger partial charge in [-0.05, 0) is 51.4 Å². The number of phosphoric acid groups is 1. The van der Waals surface area contributed by atoms with E-state index in [2.05, 4.69) is 57.2 Å². The van der Waals surface area contributed by atoms with Crippen LogP contribution in [0, 0.1) is 0 Å². The molecule has 0 heterocycles. The number of esters is 3. The minimum Gasteiger partial charge on any atom is -0.462 e. The van der Waals surface area contributed by atoms with Crippen molar-refractivity contribution in [2.45, 2.75) is 303 Å². The molecule has 0 bridgehead atoms. The van der Waals surface area contributed by atoms with Crippen LogP contribution < -0.4 is 0 Å². The normalized spacial score (nSPS) is 13.6. The van der Waals surface area contributed by atoms with E-state index in [0.29, 0.717) is 19.3 Å². The minimum atomic E-state index is -4.74. The molecule has 0 saturated heterocycles. The molecule has 3 unspecified atom stereocenters. The van der Waals surface area contributed by atoms with E-state index in [0.717, 1.165) is 89.9 Å². The lowest BCUT2D eigenvalue weighted by Gasteiger charge is -2.21. The molecule has 0 aromatic heterocycles. The van der Waals surface area contributed by atoms with Gasteiger partial charge in [-0.25, -0.2) is 4.57 Å². The van der Waals surface area contributed by atoms with Gasteiger partial charge in [0.25, 0.3) is 0 Å². The van der Waals surface area contributed by atoms with Crippen molar-refractivity contribution in [3.63, 3.8) is 0 Å². The zero-order chi connectivity index (χ0) is 52.7. The van der Waals surface area contributed by atoms with Crippen molar-refractivity contribution in [2.75, 3.05) is 26.4 Å². The van der Waals surface area contributed by atoms with Gasteiger partial charge in [0.2, 0.25) is 0 Å². The third-order valence-corrected chi connectivity index (χ3v) is 14.0. The summed E-state index contributed by atoms with van der Waals surface area (Å²) in [6.45, 7) is 4.57. The van der Waals surface area contributed by atoms with Crippen molar-refractivity contribution >= 4 is 25.7 Å². The maximum Gasteiger partial charge on any atom is 0.472 e. The fourth-order valence-corrected chi connectivity index (χ4v) is 9.33. The summed E-state index contributed by atoms with van der Waals surface area (Å²) in [7, 11) is -4.74. The Morgan fingerprint density at radius 2 is 0.722 bits per heavy atom. The number of allylic oxidation sites excluding steroid dienone is 6. The Morgan fingerprint density at radius 1 is 0.403 bits per heavy atom. The summed E-state index contributed by atoms with van der Waals surface area (Å²) in [6.07, 6.45) is 56.7. The number of phosphoric ester groups is 1. The molecular weight excluding hydrogens is 928 g/mol. The molecule has 3 atom stereocenters. The Kier molecular flexibility index (Phi) is 53.2. The SMILES string of the molecule is CC/C=C\C/C=C\C/C=C\CCCCCCCCCC(=O)OCC(COP(=O)(O)OCC(CO)OC(=O)CCCCCCCCCCCCC)OC(=O)CCCCCCCCCCCCCCCCCCC. The molecule has 2 N–H and O–H groups in total. The lowest BCUT2D eigenvalue weighted by atomic mass is 10.0. The summed E-state index contributed by atoms with van der Waals surface area (Å²) < 4.78 is 39.5. The van der Waals surface area contributed by atoms with Crippen LogP contribution in [0.25, 0.3) is 0 Å². The quantitative estimate of drug-likeness (QED) is 0.0197. The second-order valence-corrected chi connectivity index (χ2v) is 21.6. The highest BCUT2D eigenvalue weighted by atomic mass is 31.2. The Hall–Kier alpha value is -2.30. The summed E-state index contributed by atoms with van der Waals surface area (Å²) >= 11 is 0. The number of ether oxygens (including phenoxy) is 3. The van der Waals surface area contributed by atoms with Crippen molar-refractivity contribution in [3.8, 4) is 0 Å². The highest BCUT2D eigenvalue weighted by molar-refractivity contribution is 7.47. The van der Waals surface area contributed by atoms with Crippen LogP contribution in [0.3, 0.4) is 0 Å². The summed E-state index contributed by atoms with van der Waals surface area (Å²) in [5, 5.41) is 9.80. The second-order valence-electron chi connectivity index (χ2n) is 20.1. The van der Waals surface area contributed by atoms with Gasteiger partial charge in [0.1, 0.15) is 12.7 Å². The standard InChI is InChI=1S/C60H111O11P/c1-4-7-10-13-16-19-22-24-26-28-30-32-35-37-40-43-46-49-58(62)67-53-57(71-60(64)51-48-45-42-39-36-33-31-29-27-25-23-20-17-14-11-8-5-2)55-69-72(65,66)68-54-56(52-61)70-59(63)50-47-44-41-38-34-21-18-15-12-9-6-3/h7,10,16,19,24,26,56-57,61H,4-6,8-9,11-15,17-18,20-23,25,27-55H2,1-3H3,(H,65,66)/b10-7-,19-16-,26-24-. The molecule has 12 heteroatoms. The van der Waals surface area contributed by atoms with Crippen LogP contribution in [0.4, 0.5) is 0 Å². The number of unbranched alkanes of at least 4 members (excludes halogenated alkanes) is 33. The molecule has 11 nitrogen and oxygen atoms in total. The van der Waals surface area contributed by atoms with Gasteiger partial charge in [0.15, 0.2) is 6.10 Å². The van der Waals surface area contributed by atoms with Crippen LogP contribution in [0.15, 0.2) is 36.5 Å². The lowest BCUT2D eigenvalue weighted by Crippen LogP contribution is -2.30. The van der Waals surface area contributed by atoms with E-state index in [1.165, 1.54) is 141 Å². The average Bonchev–Trinajstić information content (AvgIpc) is 3.37. The van der Waals surface area contributed by atoms with Gasteiger partial charge in [0.05, 0.1) is 19.8 Å². The fraction of sp³-hybridized carbons (Fsp3) is 0.850. The number of carbonyl (C=O) groups excluding carboxylic acids is 3. The molecule has 0 aromatic rings. The molecule has 0 saturated carbocycles. The van der Waals surface area contributed by atoms with E-state index >= 15 is 0 Å². The number of hydrogen-bond acceptors (Lipinski definition) is 10. The zero-order valence-electron chi connectivity index (χ0n) is 46.7. The van der Waals surface area contributed by atoms with Crippen molar-refractivity contribution in [1.29, 1.82) is 0 Å². The highest BCUT2D eigenvalue weighted by Crippen LogP contribution is 2.43. The molecular formula is C60H111O11P. The first-order chi connectivity index (χ1) is 35.2. The number of aliphatic hydroxyl groups excluding tert-OH is 1. The molecule has 422 valence electrons. The smallest absolute Gasteiger partial charge is 0.462 e. The van der Waals surface area contributed by atoms with Crippen LogP contribution in [-0.4, -0.2) is 66.5 Å². The van der Waals surface area contributed by atoms with Crippen molar-refractivity contribution < 1.29 is 52.2 Å². The molecule has 0 aliphatic rings. The molecule has 0 spiro atoms. The van der Waals surface area contributed by atoms with E-state index in [1.807, 2.05) is 0 Å². The van der Waals surface area contributed by atoms with Crippen molar-refractivity contribution in [2.24, 2.45) is 0 Å². The Bertz CT molecular complexity index is 1350. The molecule has 0 aliphatic carbocycles. The number of carbonyl (C=O) groups is 3. The molecule has 0 amide bonds. The Morgan fingerprint density at radius 3 is 1.11 bits per heavy atom. The number of aliphatic hydroxyl groups is 1. The molecule has 0 aromatic carbocycles. The largest absolute Gasteiger partial charge is 0.472 e. The summed E-state index contributed by atoms with van der Waals surface area (Å²) in [4.78, 5) is 48.5. The van der Waals surface area contributed by atoms with Gasteiger partial charge in [-0.3, -0.25) is 23.4 Å². The summed E-state index contributed by atoms with van der Waals surface area (Å²) in [5.74, 6) is -1.45. The zero-order valence-corrected chi connectivity index (χ0v) is 47.6. The van der Waals surface area contributed by atoms with E-state index in [-0.39, 0.29) is 25.9 Å². The Labute approximate surface area is 441 Å². The number of hydrogen-bond donors (Lipinski definition) is 2. The van der Waals surface area contributed by atoms with Gasteiger partial charge >= 0.3 is 25.7 Å². The maximum absolute atomic E-state index is 12.9. The van der Waals surface area contributed by atoms with Crippen LogP contribution in [0.1, 0.15) is 290 Å². The first-order valence-corrected chi connectivity index (χ1v) is 31.4. The molecule has 0 fully saturated rings. The Balaban J connectivity index is 4.69. The van der Waals surface area contributed by atoms with Gasteiger partial charge in [-0.1, -0.05) is 256 Å². The van der Waals surface area contributed by atoms with Crippen molar-refractivity contribution in [3.05, 3.63) is 36.5 Å². The fourth-order valence-electron chi connectivity index (χ4n) is 8.55. The first kappa shape index (κ1) is 69.7. The third kappa shape index (κ3) is 52.6. The van der Waals surface area contributed by atoms with Crippen LogP contribution in [0.5, 0.6) is 0 Å². The molecule has 72 heavy (non-hydrogen) atoms. The lowest BCUT2D eigenvalue weighted by molar-refractivity contribution is -0.161. The van der Waals surface area contributed by atoms with E-state index in [9.17, 15) is 28.9 Å². The van der Waals surface area contributed by atoms with Crippen LogP contribution in [-0.2, 0) is 42.2 Å². The van der Waals surface area contributed by atoms with E-state index in [4.69, 9.17) is 23.3 Å². The molecule has 0 aliphatic heterocycles. The minimum absolute atomic E-state index is 0.171. The van der Waals surface area contributed by atoms with E-state index in [1.54, 1.807) is 0 Å². The number of rotatable bonds is 56. The second kappa shape index (κ2) is 54.9. The van der Waals surface area contributed by atoms with Crippen molar-refractivity contribution in [1.82, 2.24) is 0 Å². The van der Waals surface area contributed by atoms with Gasteiger partial charge in [0, 0.05) is 19.3 Å². The summed E-state index contributed by atoms with van der Waals surface area (Å²) in [6, 6.07) is 0. The molecule has 0 rings (SSSR count). The van der Waals surface area contributed by atoms with Gasteiger partial charge < -0.3 is 24.2 Å². The predicted molar refractivity (Wildman–Crippen MR) is 298 cm³/mol. The average molecular weight is 1040 g/mol. The van der Waals surface area contributed by atoms with E-state index < -0.39 is 57.8 Å². The monoisotopic (exact) mass is 1040 g/mol. The third-order valence-electron chi connectivity index (χ3n) is 13.1. The first-order valence-electron chi connectivity index (χ1n) is 29.9. The summed E-state index contributed by atoms with van der Waals surface area (Å²) in [5.41, 5.74) is 0. The van der Waals surface area contributed by atoms with Crippen LogP contribution >= 0.6 is 7.82 Å². The van der Waals surface area contributed by atoms with Gasteiger partial charge in [-0.2, -0.15) is 0 Å². The topological polar surface area (TPSA) is 155 Å². The molecule has 0 radical (unpaired) electrons.